The van der Waals surface area contributed by atoms with E-state index in [-0.39, 0.29) is 0 Å². The Labute approximate surface area is 120 Å². The minimum absolute atomic E-state index is 0.716. The van der Waals surface area contributed by atoms with Crippen LogP contribution in [0.3, 0.4) is 0 Å². The number of unbranched alkanes of at least 4 members (excludes halogenated alkanes) is 2. The van der Waals surface area contributed by atoms with Crippen LogP contribution in [-0.2, 0) is 0 Å². The van der Waals surface area contributed by atoms with E-state index >= 15 is 0 Å². The third kappa shape index (κ3) is 3.79. The number of aromatic nitrogens is 4. The summed E-state index contributed by atoms with van der Waals surface area (Å²) >= 11 is 0. The number of nitrogens with one attached hydrogen (secondary N) is 1. The molecule has 20 heavy (non-hydrogen) atoms. The fourth-order valence-corrected chi connectivity index (χ4v) is 2.07. The Morgan fingerprint density at radius 1 is 1.10 bits per heavy atom. The van der Waals surface area contributed by atoms with Crippen molar-refractivity contribution < 1.29 is 0 Å². The van der Waals surface area contributed by atoms with Gasteiger partial charge >= 0.3 is 0 Å². The van der Waals surface area contributed by atoms with E-state index in [1.54, 1.807) is 12.7 Å². The van der Waals surface area contributed by atoms with E-state index in [0.717, 1.165) is 24.3 Å². The number of fused-ring (bicyclic) bond motifs is 1. The minimum atomic E-state index is 0.716. The second-order valence-electron chi connectivity index (χ2n) is 4.92. The Hall–Kier alpha value is -1.91. The Balaban J connectivity index is 2.09. The van der Waals surface area contributed by atoms with E-state index in [1.807, 2.05) is 6.08 Å². The highest BCUT2D eigenvalue weighted by Gasteiger charge is 2.03. The van der Waals surface area contributed by atoms with E-state index in [4.69, 9.17) is 0 Å². The predicted molar refractivity (Wildman–Crippen MR) is 82.1 cm³/mol. The first-order valence-corrected chi connectivity index (χ1v) is 7.41. The first-order chi connectivity index (χ1) is 9.85. The van der Waals surface area contributed by atoms with Crippen LogP contribution in [-0.4, -0.2) is 37.9 Å². The predicted octanol–water partition coefficient (Wildman–Crippen LogP) is 3.23. The molecule has 0 bridgehead atoms. The highest BCUT2D eigenvalue weighted by molar-refractivity contribution is 5.78. The smallest absolute Gasteiger partial charge is 0.181 e. The van der Waals surface area contributed by atoms with E-state index in [0.29, 0.717) is 5.65 Å². The fraction of sp³-hybridized carbons (Fsp3) is 0.533. The van der Waals surface area contributed by atoms with E-state index in [2.05, 4.69) is 44.9 Å². The molecule has 0 atom stereocenters. The fourth-order valence-electron chi connectivity index (χ4n) is 2.07. The zero-order valence-electron chi connectivity index (χ0n) is 12.3. The molecule has 0 aliphatic carbocycles. The van der Waals surface area contributed by atoms with Crippen molar-refractivity contribution in [3.05, 3.63) is 24.5 Å². The molecule has 0 fully saturated rings. The van der Waals surface area contributed by atoms with Crippen molar-refractivity contribution >= 4 is 17.2 Å². The Morgan fingerprint density at radius 2 is 1.85 bits per heavy atom. The third-order valence-electron chi connectivity index (χ3n) is 3.29. The van der Waals surface area contributed by atoms with Crippen molar-refractivity contribution in [2.45, 2.75) is 39.5 Å². The van der Waals surface area contributed by atoms with Gasteiger partial charge in [0.05, 0.1) is 12.0 Å². The maximum absolute atomic E-state index is 4.32. The summed E-state index contributed by atoms with van der Waals surface area (Å²) in [5.41, 5.74) is 2.51. The molecule has 0 aliphatic heterocycles. The van der Waals surface area contributed by atoms with E-state index in [1.165, 1.54) is 25.7 Å². The van der Waals surface area contributed by atoms with Crippen LogP contribution in [0.4, 0.5) is 0 Å². The summed E-state index contributed by atoms with van der Waals surface area (Å²) in [5, 5.41) is 0. The van der Waals surface area contributed by atoms with Gasteiger partial charge in [-0.3, -0.25) is 0 Å². The largest absolute Gasteiger partial charge is 0.377 e. The van der Waals surface area contributed by atoms with Crippen LogP contribution < -0.4 is 0 Å². The molecule has 2 heterocycles. The summed E-state index contributed by atoms with van der Waals surface area (Å²) in [7, 11) is 0. The number of aromatic amines is 1. The molecule has 2 aromatic rings. The summed E-state index contributed by atoms with van der Waals surface area (Å²) in [4.78, 5) is 18.1. The van der Waals surface area contributed by atoms with Crippen molar-refractivity contribution in [2.24, 2.45) is 0 Å². The number of hydrogen-bond acceptors (Lipinski definition) is 4. The summed E-state index contributed by atoms with van der Waals surface area (Å²) < 4.78 is 0. The Kier molecular flexibility index (Phi) is 5.53. The molecular weight excluding hydrogens is 250 g/mol. The van der Waals surface area contributed by atoms with Crippen molar-refractivity contribution in [3.63, 3.8) is 0 Å². The molecule has 0 spiro atoms. The van der Waals surface area contributed by atoms with Gasteiger partial charge in [0, 0.05) is 19.3 Å². The summed E-state index contributed by atoms with van der Waals surface area (Å²) in [6.07, 6.45) is 12.3. The van der Waals surface area contributed by atoms with Gasteiger partial charge < -0.3 is 9.88 Å². The lowest BCUT2D eigenvalue weighted by molar-refractivity contribution is 0.362. The van der Waals surface area contributed by atoms with E-state index in [9.17, 15) is 0 Å². The second kappa shape index (κ2) is 7.62. The average molecular weight is 273 g/mol. The summed E-state index contributed by atoms with van der Waals surface area (Å²) in [6.45, 7) is 6.65. The maximum atomic E-state index is 4.32. The minimum Gasteiger partial charge on any atom is -0.377 e. The molecule has 5 nitrogen and oxygen atoms in total. The van der Waals surface area contributed by atoms with Gasteiger partial charge in [0.25, 0.3) is 0 Å². The number of hydrogen-bond donors (Lipinski definition) is 1. The van der Waals surface area contributed by atoms with Gasteiger partial charge in [0.1, 0.15) is 11.8 Å². The van der Waals surface area contributed by atoms with Crippen molar-refractivity contribution in [1.82, 2.24) is 24.8 Å². The average Bonchev–Trinajstić information content (AvgIpc) is 2.95. The van der Waals surface area contributed by atoms with Crippen LogP contribution in [0.15, 0.2) is 18.9 Å². The molecule has 2 rings (SSSR count). The van der Waals surface area contributed by atoms with Crippen molar-refractivity contribution in [2.75, 3.05) is 13.1 Å². The molecule has 0 unspecified atom stereocenters. The van der Waals surface area contributed by atoms with Crippen LogP contribution in [0, 0.1) is 0 Å². The van der Waals surface area contributed by atoms with Crippen molar-refractivity contribution in [1.29, 1.82) is 0 Å². The second-order valence-corrected chi connectivity index (χ2v) is 4.92. The van der Waals surface area contributed by atoms with Crippen LogP contribution >= 0.6 is 0 Å². The zero-order chi connectivity index (χ0) is 14.2. The van der Waals surface area contributed by atoms with Gasteiger partial charge in [-0.25, -0.2) is 15.0 Å². The molecule has 0 aromatic carbocycles. The molecule has 0 saturated carbocycles. The first kappa shape index (κ1) is 14.5. The summed E-state index contributed by atoms with van der Waals surface area (Å²) in [5.74, 6) is 0. The van der Waals surface area contributed by atoms with Gasteiger partial charge in [-0.2, -0.15) is 0 Å². The quantitative estimate of drug-likeness (QED) is 0.802. The Bertz CT molecular complexity index is 538. The number of nitrogens with zero attached hydrogens (tertiary/aromatic N) is 4. The van der Waals surface area contributed by atoms with Gasteiger partial charge in [0.2, 0.25) is 0 Å². The molecule has 0 saturated heterocycles. The van der Waals surface area contributed by atoms with Gasteiger partial charge in [0.15, 0.2) is 5.65 Å². The maximum Gasteiger partial charge on any atom is 0.181 e. The van der Waals surface area contributed by atoms with E-state index < -0.39 is 0 Å². The molecule has 108 valence electrons. The zero-order valence-corrected chi connectivity index (χ0v) is 12.3. The van der Waals surface area contributed by atoms with Crippen molar-refractivity contribution in [3.8, 4) is 0 Å². The van der Waals surface area contributed by atoms with Crippen LogP contribution in [0.2, 0.25) is 0 Å². The molecule has 0 aliphatic rings. The SMILES string of the molecule is CCCCN(/C=C/c1ncnc2nc[nH]c12)CCCC. The highest BCUT2D eigenvalue weighted by atomic mass is 15.1. The molecule has 2 aromatic heterocycles. The lowest BCUT2D eigenvalue weighted by atomic mass is 10.2. The third-order valence-corrected chi connectivity index (χ3v) is 3.29. The van der Waals surface area contributed by atoms with Crippen LogP contribution in [0.25, 0.3) is 17.2 Å². The highest BCUT2D eigenvalue weighted by Crippen LogP contribution is 2.11. The summed E-state index contributed by atoms with van der Waals surface area (Å²) in [6, 6.07) is 0. The molecular formula is C15H23N5. The number of rotatable bonds is 8. The Morgan fingerprint density at radius 3 is 2.55 bits per heavy atom. The van der Waals surface area contributed by atoms with Crippen LogP contribution in [0.5, 0.6) is 0 Å². The van der Waals surface area contributed by atoms with Crippen LogP contribution in [0.1, 0.15) is 45.2 Å². The molecule has 0 amide bonds. The molecule has 0 radical (unpaired) electrons. The molecule has 1 N–H and O–H groups in total. The lowest BCUT2D eigenvalue weighted by Crippen LogP contribution is -2.19. The van der Waals surface area contributed by atoms with Gasteiger partial charge in [-0.1, -0.05) is 26.7 Å². The normalized spacial score (nSPS) is 11.5. The topological polar surface area (TPSA) is 57.7 Å². The number of H-pyrrole nitrogens is 1. The van der Waals surface area contributed by atoms with Gasteiger partial charge in [-0.05, 0) is 18.9 Å². The first-order valence-electron chi connectivity index (χ1n) is 7.41. The monoisotopic (exact) mass is 273 g/mol. The standard InChI is InChI=1S/C15H23N5/c1-3-5-8-20(9-6-4-2)10-7-13-14-15(18-11-16-13)19-12-17-14/h7,10-12H,3-6,8-9H2,1-2H3,(H,16,17,18,19)/b10-7+. The lowest BCUT2D eigenvalue weighted by Gasteiger charge is -2.19. The van der Waals surface area contributed by atoms with Gasteiger partial charge in [-0.15, -0.1) is 0 Å². The number of imidazole rings is 1. The molecule has 5 heteroatoms.